The number of aromatic carboxylic acids is 1. The largest absolute Gasteiger partial charge is 0.478 e. The van der Waals surface area contributed by atoms with E-state index in [1.807, 2.05) is 18.7 Å². The summed E-state index contributed by atoms with van der Waals surface area (Å²) in [4.78, 5) is 25.5. The van der Waals surface area contributed by atoms with Gasteiger partial charge < -0.3 is 15.3 Å². The average molecular weight is 380 g/mol. The van der Waals surface area contributed by atoms with Gasteiger partial charge in [0.15, 0.2) is 0 Å². The lowest BCUT2D eigenvalue weighted by Gasteiger charge is -2.41. The Kier molecular flexibility index (Phi) is 5.20. The summed E-state index contributed by atoms with van der Waals surface area (Å²) in [6.45, 7) is 10.4. The fourth-order valence-corrected chi connectivity index (χ4v) is 3.88. The maximum atomic E-state index is 12.6. The second-order valence-corrected chi connectivity index (χ2v) is 8.44. The molecule has 28 heavy (non-hydrogen) atoms. The first-order valence-electron chi connectivity index (χ1n) is 9.66. The smallest absolute Gasteiger partial charge is 0.335 e. The van der Waals surface area contributed by atoms with Crippen LogP contribution in [-0.4, -0.2) is 23.0 Å². The Morgan fingerprint density at radius 2 is 1.75 bits per heavy atom. The normalized spacial score (nSPS) is 16.6. The number of carbonyl (C=O) groups excluding carboxylic acids is 1. The Labute approximate surface area is 166 Å². The highest BCUT2D eigenvalue weighted by Crippen LogP contribution is 2.42. The number of benzene rings is 2. The van der Waals surface area contributed by atoms with Crippen molar-refractivity contribution in [2.45, 2.75) is 58.5 Å². The Morgan fingerprint density at radius 1 is 1.11 bits per heavy atom. The second kappa shape index (κ2) is 7.30. The predicted octanol–water partition coefficient (Wildman–Crippen LogP) is 4.98. The highest BCUT2D eigenvalue weighted by atomic mass is 16.4. The number of fused-ring (bicyclic) bond motifs is 1. The van der Waals surface area contributed by atoms with Crippen LogP contribution < -0.4 is 10.2 Å². The van der Waals surface area contributed by atoms with Crippen LogP contribution in [0.2, 0.25) is 0 Å². The molecule has 1 heterocycles. The first-order chi connectivity index (χ1) is 13.1. The minimum absolute atomic E-state index is 0.0434. The summed E-state index contributed by atoms with van der Waals surface area (Å²) in [5, 5.41) is 12.5. The van der Waals surface area contributed by atoms with Gasteiger partial charge in [-0.3, -0.25) is 4.79 Å². The molecule has 0 fully saturated rings. The number of carbonyl (C=O) groups is 2. The van der Waals surface area contributed by atoms with E-state index in [-0.39, 0.29) is 29.0 Å². The molecule has 5 nitrogen and oxygen atoms in total. The first-order valence-corrected chi connectivity index (χ1v) is 9.66. The molecule has 1 unspecified atom stereocenters. The summed E-state index contributed by atoms with van der Waals surface area (Å²) in [6, 6.07) is 13.2. The summed E-state index contributed by atoms with van der Waals surface area (Å²) >= 11 is 0. The summed E-state index contributed by atoms with van der Waals surface area (Å²) in [5.74, 6) is -0.759. The lowest BCUT2D eigenvalue weighted by molar-refractivity contribution is -0.120. The molecular formula is C23H28N2O3. The highest BCUT2D eigenvalue weighted by Gasteiger charge is 2.37. The number of carboxylic acids is 1. The van der Waals surface area contributed by atoms with Gasteiger partial charge in [-0.05, 0) is 62.2 Å². The zero-order valence-electron chi connectivity index (χ0n) is 17.1. The molecule has 0 saturated heterocycles. The Hall–Kier alpha value is -2.82. The van der Waals surface area contributed by atoms with Gasteiger partial charge in [-0.25, -0.2) is 4.79 Å². The van der Waals surface area contributed by atoms with Gasteiger partial charge >= 0.3 is 5.97 Å². The minimum Gasteiger partial charge on any atom is -0.478 e. The fourth-order valence-electron chi connectivity index (χ4n) is 3.88. The number of anilines is 2. The van der Waals surface area contributed by atoms with Crippen LogP contribution in [0, 0.1) is 0 Å². The van der Waals surface area contributed by atoms with Crippen molar-refractivity contribution in [1.82, 2.24) is 0 Å². The molecule has 1 aliphatic rings. The van der Waals surface area contributed by atoms with E-state index in [0.29, 0.717) is 6.42 Å². The van der Waals surface area contributed by atoms with Gasteiger partial charge in [-0.2, -0.15) is 0 Å². The predicted molar refractivity (Wildman–Crippen MR) is 112 cm³/mol. The van der Waals surface area contributed by atoms with Crippen LogP contribution in [0.25, 0.3) is 0 Å². The minimum atomic E-state index is -0.930. The molecule has 1 amide bonds. The molecule has 1 atom stereocenters. The number of amides is 1. The summed E-state index contributed by atoms with van der Waals surface area (Å²) < 4.78 is 0. The van der Waals surface area contributed by atoms with E-state index in [2.05, 4.69) is 44.3 Å². The van der Waals surface area contributed by atoms with E-state index < -0.39 is 5.97 Å². The van der Waals surface area contributed by atoms with Crippen molar-refractivity contribution in [1.29, 1.82) is 0 Å². The van der Waals surface area contributed by atoms with Crippen LogP contribution >= 0.6 is 0 Å². The molecule has 0 radical (unpaired) electrons. The van der Waals surface area contributed by atoms with Crippen LogP contribution in [0.15, 0.2) is 42.5 Å². The Bertz CT molecular complexity index is 901. The number of rotatable bonds is 5. The molecule has 0 bridgehead atoms. The van der Waals surface area contributed by atoms with Crippen LogP contribution in [0.3, 0.4) is 0 Å². The monoisotopic (exact) mass is 380 g/mol. The molecular weight excluding hydrogens is 352 g/mol. The van der Waals surface area contributed by atoms with E-state index in [1.165, 1.54) is 5.56 Å². The van der Waals surface area contributed by atoms with Gasteiger partial charge in [0, 0.05) is 35.3 Å². The molecule has 2 aromatic rings. The zero-order valence-corrected chi connectivity index (χ0v) is 17.1. The molecule has 1 aliphatic heterocycles. The third-order valence-electron chi connectivity index (χ3n) is 5.40. The maximum Gasteiger partial charge on any atom is 0.335 e. The van der Waals surface area contributed by atoms with Crippen LogP contribution in [0.1, 0.15) is 68.6 Å². The molecule has 2 N–H and O–H groups in total. The van der Waals surface area contributed by atoms with Crippen molar-refractivity contribution < 1.29 is 14.7 Å². The standard InChI is InChI=1S/C23H28N2O3/c1-14(2)25-20-11-8-17(12-19(20)23(4,5)13-21(25)26)15(3)24-18-9-6-16(7-10-18)22(27)28/h6-12,14-15,24H,13H2,1-5H3,(H,27,28). The van der Waals surface area contributed by atoms with E-state index in [9.17, 15) is 9.59 Å². The van der Waals surface area contributed by atoms with E-state index >= 15 is 0 Å². The molecule has 5 heteroatoms. The van der Waals surface area contributed by atoms with Crippen LogP contribution in [0.4, 0.5) is 11.4 Å². The van der Waals surface area contributed by atoms with Gasteiger partial charge in [0.2, 0.25) is 5.91 Å². The third kappa shape index (κ3) is 3.75. The summed E-state index contributed by atoms with van der Waals surface area (Å²) in [5.41, 5.74) is 4.25. The van der Waals surface area contributed by atoms with Gasteiger partial charge in [0.25, 0.3) is 0 Å². The Morgan fingerprint density at radius 3 is 2.32 bits per heavy atom. The summed E-state index contributed by atoms with van der Waals surface area (Å²) in [7, 11) is 0. The number of nitrogens with one attached hydrogen (secondary N) is 1. The number of hydrogen-bond acceptors (Lipinski definition) is 3. The van der Waals surface area contributed by atoms with E-state index in [4.69, 9.17) is 5.11 Å². The lowest BCUT2D eigenvalue weighted by atomic mass is 9.76. The molecule has 148 valence electrons. The first kappa shape index (κ1) is 19.9. The lowest BCUT2D eigenvalue weighted by Crippen LogP contribution is -2.45. The topological polar surface area (TPSA) is 69.6 Å². The fraction of sp³-hybridized carbons (Fsp3) is 0.391. The van der Waals surface area contributed by atoms with E-state index in [0.717, 1.165) is 16.9 Å². The van der Waals surface area contributed by atoms with Crippen molar-refractivity contribution in [2.24, 2.45) is 0 Å². The number of carboxylic acid groups (broad SMARTS) is 1. The van der Waals surface area contributed by atoms with Crippen molar-refractivity contribution in [3.8, 4) is 0 Å². The quantitative estimate of drug-likeness (QED) is 0.767. The van der Waals surface area contributed by atoms with Crippen LogP contribution in [0.5, 0.6) is 0 Å². The molecule has 2 aromatic carbocycles. The summed E-state index contributed by atoms with van der Waals surface area (Å²) in [6.07, 6.45) is 0.500. The SMILES string of the molecule is CC(Nc1ccc(C(=O)O)cc1)c1ccc2c(c1)C(C)(C)CC(=O)N2C(C)C. The van der Waals surface area contributed by atoms with Crippen LogP contribution in [-0.2, 0) is 10.2 Å². The van der Waals surface area contributed by atoms with Gasteiger partial charge in [-0.15, -0.1) is 0 Å². The number of nitrogens with zero attached hydrogens (tertiary/aromatic N) is 1. The van der Waals surface area contributed by atoms with Gasteiger partial charge in [0.1, 0.15) is 0 Å². The third-order valence-corrected chi connectivity index (χ3v) is 5.40. The molecule has 0 aromatic heterocycles. The van der Waals surface area contributed by atoms with Crippen molar-refractivity contribution in [2.75, 3.05) is 10.2 Å². The molecule has 0 spiro atoms. The maximum absolute atomic E-state index is 12.6. The molecule has 0 aliphatic carbocycles. The van der Waals surface area contributed by atoms with Gasteiger partial charge in [0.05, 0.1) is 5.56 Å². The zero-order chi connectivity index (χ0) is 20.6. The molecule has 0 saturated carbocycles. The highest BCUT2D eigenvalue weighted by molar-refractivity contribution is 5.98. The number of hydrogen-bond donors (Lipinski definition) is 2. The van der Waals surface area contributed by atoms with Crippen molar-refractivity contribution in [3.05, 3.63) is 59.2 Å². The molecule has 3 rings (SSSR count). The van der Waals surface area contributed by atoms with Crippen molar-refractivity contribution >= 4 is 23.3 Å². The second-order valence-electron chi connectivity index (χ2n) is 8.44. The Balaban J connectivity index is 1.89. The van der Waals surface area contributed by atoms with Crippen molar-refractivity contribution in [3.63, 3.8) is 0 Å². The van der Waals surface area contributed by atoms with Gasteiger partial charge in [-0.1, -0.05) is 26.0 Å². The van der Waals surface area contributed by atoms with E-state index in [1.54, 1.807) is 24.3 Å². The average Bonchev–Trinajstić information content (AvgIpc) is 2.61.